The second-order valence-corrected chi connectivity index (χ2v) is 4.53. The van der Waals surface area contributed by atoms with Crippen molar-refractivity contribution in [1.29, 1.82) is 0 Å². The van der Waals surface area contributed by atoms with Gasteiger partial charge in [-0.25, -0.2) is 4.98 Å². The Hall–Kier alpha value is -3.04. The fourth-order valence-electron chi connectivity index (χ4n) is 1.80. The van der Waals surface area contributed by atoms with E-state index in [1.54, 1.807) is 0 Å². The molecule has 0 amide bonds. The summed E-state index contributed by atoms with van der Waals surface area (Å²) in [5.41, 5.74) is -1.69. The Balaban J connectivity index is 2.19. The predicted octanol–water partition coefficient (Wildman–Crippen LogP) is 0.632. The van der Waals surface area contributed by atoms with Crippen molar-refractivity contribution in [2.45, 2.75) is 12.5 Å². The summed E-state index contributed by atoms with van der Waals surface area (Å²) in [6, 6.07) is 2.36. The maximum Gasteiger partial charge on any atom is 0.323 e. The van der Waals surface area contributed by atoms with Crippen LogP contribution in [0.2, 0.25) is 0 Å². The number of hydrogen-bond acceptors (Lipinski definition) is 6. The zero-order valence-corrected chi connectivity index (χ0v) is 11.6. The van der Waals surface area contributed by atoms with Crippen molar-refractivity contribution < 1.29 is 23.8 Å². The van der Waals surface area contributed by atoms with E-state index in [4.69, 9.17) is 5.11 Å². The number of anilines is 1. The number of carboxylic acids is 1. The van der Waals surface area contributed by atoms with E-state index in [1.807, 2.05) is 0 Å². The third-order valence-electron chi connectivity index (χ3n) is 2.83. The van der Waals surface area contributed by atoms with Gasteiger partial charge in [0.2, 0.25) is 0 Å². The van der Waals surface area contributed by atoms with Gasteiger partial charge in [-0.2, -0.15) is 8.78 Å². The minimum Gasteiger partial charge on any atom is -0.506 e. The third kappa shape index (κ3) is 3.78. The molecule has 3 N–H and O–H groups in total. The molecule has 0 saturated carbocycles. The van der Waals surface area contributed by atoms with Crippen molar-refractivity contribution in [3.8, 4) is 5.75 Å². The van der Waals surface area contributed by atoms with Gasteiger partial charge in [-0.05, 0) is 12.1 Å². The van der Waals surface area contributed by atoms with Crippen molar-refractivity contribution >= 4 is 11.8 Å². The number of aliphatic carboxylic acids is 1. The van der Waals surface area contributed by atoms with E-state index in [-0.39, 0.29) is 0 Å². The van der Waals surface area contributed by atoms with Crippen LogP contribution in [-0.4, -0.2) is 37.3 Å². The molecule has 0 fully saturated rings. The lowest BCUT2D eigenvalue weighted by Gasteiger charge is -2.17. The van der Waals surface area contributed by atoms with Crippen molar-refractivity contribution in [2.24, 2.45) is 0 Å². The lowest BCUT2D eigenvalue weighted by Crippen LogP contribution is -2.31. The van der Waals surface area contributed by atoms with Crippen molar-refractivity contribution in [1.82, 2.24) is 14.5 Å². The highest BCUT2D eigenvalue weighted by Gasteiger charge is 2.36. The molecular formula is C13H12F2N4O4. The third-order valence-corrected chi connectivity index (χ3v) is 2.83. The summed E-state index contributed by atoms with van der Waals surface area (Å²) in [7, 11) is 0. The minimum atomic E-state index is -3.56. The van der Waals surface area contributed by atoms with E-state index >= 15 is 0 Å². The highest BCUT2D eigenvalue weighted by molar-refractivity contribution is 5.66. The smallest absolute Gasteiger partial charge is 0.323 e. The molecule has 0 radical (unpaired) electrons. The van der Waals surface area contributed by atoms with E-state index < -0.39 is 47.8 Å². The van der Waals surface area contributed by atoms with E-state index in [1.165, 1.54) is 6.07 Å². The molecule has 2 rings (SSSR count). The van der Waals surface area contributed by atoms with Crippen LogP contribution in [-0.2, 0) is 17.3 Å². The number of pyridine rings is 1. The fourth-order valence-corrected chi connectivity index (χ4v) is 1.80. The topological polar surface area (TPSA) is 117 Å². The minimum absolute atomic E-state index is 0.427. The van der Waals surface area contributed by atoms with Crippen LogP contribution in [0.4, 0.5) is 14.6 Å². The number of aromatic hydroxyl groups is 1. The number of nitrogens with zero attached hydrogens (tertiary/aromatic N) is 3. The first-order valence-corrected chi connectivity index (χ1v) is 6.34. The Morgan fingerprint density at radius 3 is 2.74 bits per heavy atom. The Morgan fingerprint density at radius 2 is 2.09 bits per heavy atom. The van der Waals surface area contributed by atoms with E-state index in [0.29, 0.717) is 0 Å². The van der Waals surface area contributed by atoms with E-state index in [0.717, 1.165) is 29.2 Å². The normalized spacial score (nSPS) is 11.2. The van der Waals surface area contributed by atoms with Gasteiger partial charge >= 0.3 is 11.9 Å². The molecule has 23 heavy (non-hydrogen) atoms. The monoisotopic (exact) mass is 326 g/mol. The average Bonchev–Trinajstić information content (AvgIpc) is 2.48. The summed E-state index contributed by atoms with van der Waals surface area (Å²) >= 11 is 0. The second-order valence-electron chi connectivity index (χ2n) is 4.53. The molecule has 8 nitrogen and oxygen atoms in total. The number of halogens is 2. The molecule has 10 heteroatoms. The number of rotatable bonds is 6. The van der Waals surface area contributed by atoms with Crippen molar-refractivity contribution in [3.63, 3.8) is 0 Å². The Bertz CT molecular complexity index is 779. The summed E-state index contributed by atoms with van der Waals surface area (Å²) < 4.78 is 28.9. The van der Waals surface area contributed by atoms with Crippen LogP contribution < -0.4 is 10.9 Å². The first kappa shape index (κ1) is 16.3. The number of hydrogen-bond donors (Lipinski definition) is 3. The van der Waals surface area contributed by atoms with E-state index in [9.17, 15) is 23.5 Å². The standard InChI is InChI=1S/C13H12F2N4O4/c14-13(15,10-8(20)2-1-3-16-10)7-18-11-12(23)19(5-4-17-11)6-9(21)22/h1-5,20H,6-7H2,(H,17,18)(H,21,22). The lowest BCUT2D eigenvalue weighted by molar-refractivity contribution is -0.137. The van der Waals surface area contributed by atoms with Gasteiger partial charge in [-0.15, -0.1) is 0 Å². The SMILES string of the molecule is O=C(O)Cn1ccnc(NCC(F)(F)c2ncccc2O)c1=O. The summed E-state index contributed by atoms with van der Waals surface area (Å²) in [6.45, 7) is -1.66. The average molecular weight is 326 g/mol. The molecule has 0 atom stereocenters. The van der Waals surface area contributed by atoms with Crippen LogP contribution in [0.1, 0.15) is 5.69 Å². The molecule has 0 aliphatic rings. The number of nitrogens with one attached hydrogen (secondary N) is 1. The molecule has 122 valence electrons. The number of carbonyl (C=O) groups is 1. The molecule has 0 aliphatic heterocycles. The molecule has 0 bridgehead atoms. The van der Waals surface area contributed by atoms with Crippen LogP contribution in [0.15, 0.2) is 35.5 Å². The number of aromatic nitrogens is 3. The predicted molar refractivity (Wildman–Crippen MR) is 74.4 cm³/mol. The van der Waals surface area contributed by atoms with Gasteiger partial charge in [-0.3, -0.25) is 19.1 Å². The molecule has 0 saturated heterocycles. The van der Waals surface area contributed by atoms with E-state index in [2.05, 4.69) is 15.3 Å². The molecular weight excluding hydrogens is 314 g/mol. The lowest BCUT2D eigenvalue weighted by atomic mass is 10.2. The molecule has 0 aromatic carbocycles. The highest BCUT2D eigenvalue weighted by Crippen LogP contribution is 2.32. The fraction of sp³-hybridized carbons (Fsp3) is 0.231. The summed E-state index contributed by atoms with van der Waals surface area (Å²) in [5.74, 6) is -5.92. The van der Waals surface area contributed by atoms with Gasteiger partial charge in [0.25, 0.3) is 5.56 Å². The Kier molecular flexibility index (Phi) is 4.53. The van der Waals surface area contributed by atoms with Gasteiger partial charge in [0.1, 0.15) is 12.3 Å². The van der Waals surface area contributed by atoms with Crippen molar-refractivity contribution in [2.75, 3.05) is 11.9 Å². The molecule has 2 aromatic rings. The summed E-state index contributed by atoms with van der Waals surface area (Å²) in [5, 5.41) is 20.2. The van der Waals surface area contributed by atoms with Crippen LogP contribution in [0.5, 0.6) is 5.75 Å². The summed E-state index contributed by atoms with van der Waals surface area (Å²) in [4.78, 5) is 29.5. The zero-order chi connectivity index (χ0) is 17.0. The molecule has 0 aliphatic carbocycles. The molecule has 0 spiro atoms. The molecule has 2 heterocycles. The number of carboxylic acid groups (broad SMARTS) is 1. The maximum absolute atomic E-state index is 14.0. The quantitative estimate of drug-likeness (QED) is 0.712. The van der Waals surface area contributed by atoms with Gasteiger partial charge in [-0.1, -0.05) is 0 Å². The first-order valence-electron chi connectivity index (χ1n) is 6.34. The van der Waals surface area contributed by atoms with Crippen LogP contribution >= 0.6 is 0 Å². The maximum atomic E-state index is 14.0. The molecule has 0 unspecified atom stereocenters. The molecule has 2 aromatic heterocycles. The van der Waals surface area contributed by atoms with Gasteiger partial charge in [0.15, 0.2) is 11.5 Å². The van der Waals surface area contributed by atoms with Gasteiger partial charge in [0, 0.05) is 18.6 Å². The first-order chi connectivity index (χ1) is 10.8. The van der Waals surface area contributed by atoms with Gasteiger partial charge < -0.3 is 15.5 Å². The van der Waals surface area contributed by atoms with Crippen molar-refractivity contribution in [3.05, 3.63) is 46.8 Å². The van der Waals surface area contributed by atoms with Crippen LogP contribution in [0.3, 0.4) is 0 Å². The second kappa shape index (κ2) is 6.38. The Labute approximate surface area is 128 Å². The highest BCUT2D eigenvalue weighted by atomic mass is 19.3. The summed E-state index contributed by atoms with van der Waals surface area (Å²) in [6.07, 6.45) is 3.34. The largest absolute Gasteiger partial charge is 0.506 e. The van der Waals surface area contributed by atoms with Crippen LogP contribution in [0, 0.1) is 0 Å². The van der Waals surface area contributed by atoms with Crippen LogP contribution in [0.25, 0.3) is 0 Å². The Morgan fingerprint density at radius 1 is 1.35 bits per heavy atom. The zero-order valence-electron chi connectivity index (χ0n) is 11.6. The van der Waals surface area contributed by atoms with Gasteiger partial charge in [0.05, 0.1) is 6.54 Å². The number of alkyl halides is 2.